The Morgan fingerprint density at radius 2 is 1.80 bits per heavy atom. The number of ether oxygens (including phenoxy) is 2. The molecular formula is C39H43N5O8S2. The lowest BCUT2D eigenvalue weighted by Crippen LogP contribution is -2.56. The minimum absolute atomic E-state index is 0.0188. The van der Waals surface area contributed by atoms with Crippen LogP contribution in [0.15, 0.2) is 95.9 Å². The number of allylic oxidation sites excluding steroid dienone is 1. The fraction of sp³-hybridized carbons (Fsp3) is 0.359. The van der Waals surface area contributed by atoms with Crippen LogP contribution >= 0.6 is 0 Å². The molecule has 3 heterocycles. The van der Waals surface area contributed by atoms with Gasteiger partial charge in [-0.3, -0.25) is 9.59 Å². The zero-order valence-electron chi connectivity index (χ0n) is 30.0. The molecule has 3 aromatic carbocycles. The molecule has 1 saturated carbocycles. The first kappa shape index (κ1) is 37.3. The molecule has 1 aliphatic carbocycles. The van der Waals surface area contributed by atoms with Crippen LogP contribution in [0.2, 0.25) is 0 Å². The maximum Gasteiger partial charge on any atom is 0.266 e. The van der Waals surface area contributed by atoms with Crippen LogP contribution in [0.1, 0.15) is 38.5 Å². The van der Waals surface area contributed by atoms with Gasteiger partial charge in [0.1, 0.15) is 34.1 Å². The molecule has 2 amide bonds. The van der Waals surface area contributed by atoms with Gasteiger partial charge in [0.2, 0.25) is 15.9 Å². The van der Waals surface area contributed by atoms with Gasteiger partial charge in [-0.25, -0.2) is 26.5 Å². The van der Waals surface area contributed by atoms with E-state index in [1.54, 1.807) is 43.5 Å². The molecule has 284 valence electrons. The van der Waals surface area contributed by atoms with Crippen molar-refractivity contribution in [3.05, 3.63) is 91.0 Å². The summed E-state index contributed by atoms with van der Waals surface area (Å²) in [4.78, 5) is 32.9. The van der Waals surface area contributed by atoms with Crippen molar-refractivity contribution in [3.63, 3.8) is 0 Å². The lowest BCUT2D eigenvalue weighted by molar-refractivity contribution is -0.131. The average molecular weight is 774 g/mol. The van der Waals surface area contributed by atoms with Crippen LogP contribution in [0, 0.1) is 5.92 Å². The van der Waals surface area contributed by atoms with Crippen molar-refractivity contribution in [1.82, 2.24) is 19.3 Å². The monoisotopic (exact) mass is 773 g/mol. The predicted molar refractivity (Wildman–Crippen MR) is 205 cm³/mol. The highest BCUT2D eigenvalue weighted by molar-refractivity contribution is 7.90. The summed E-state index contributed by atoms with van der Waals surface area (Å²) in [6.45, 7) is 0.439. The van der Waals surface area contributed by atoms with E-state index in [4.69, 9.17) is 14.5 Å². The van der Waals surface area contributed by atoms with E-state index >= 15 is 0 Å². The van der Waals surface area contributed by atoms with Crippen LogP contribution in [0.25, 0.3) is 22.2 Å². The van der Waals surface area contributed by atoms with Crippen molar-refractivity contribution in [2.24, 2.45) is 5.92 Å². The molecule has 2 fully saturated rings. The van der Waals surface area contributed by atoms with Gasteiger partial charge in [0, 0.05) is 42.0 Å². The van der Waals surface area contributed by atoms with Crippen LogP contribution < -0.4 is 24.8 Å². The van der Waals surface area contributed by atoms with Crippen molar-refractivity contribution in [3.8, 4) is 22.8 Å². The fourth-order valence-corrected chi connectivity index (χ4v) is 9.55. The maximum atomic E-state index is 14.2. The van der Waals surface area contributed by atoms with E-state index in [1.165, 1.54) is 6.07 Å². The number of carbonyl (C=O) groups is 2. The van der Waals surface area contributed by atoms with Gasteiger partial charge >= 0.3 is 0 Å². The molecule has 3 aliphatic rings. The Kier molecular flexibility index (Phi) is 10.4. The van der Waals surface area contributed by atoms with Crippen molar-refractivity contribution in [2.45, 2.75) is 61.1 Å². The van der Waals surface area contributed by atoms with E-state index in [2.05, 4.69) is 15.4 Å². The van der Waals surface area contributed by atoms with Gasteiger partial charge in [-0.05, 0) is 49.9 Å². The van der Waals surface area contributed by atoms with Crippen LogP contribution in [-0.2, 0) is 29.6 Å². The summed E-state index contributed by atoms with van der Waals surface area (Å²) in [5.41, 5.74) is 0.854. The van der Waals surface area contributed by atoms with E-state index in [9.17, 15) is 26.4 Å². The summed E-state index contributed by atoms with van der Waals surface area (Å²) in [5.74, 6) is -1.05. The normalized spacial score (nSPS) is 25.1. The number of anilines is 1. The van der Waals surface area contributed by atoms with E-state index < -0.39 is 55.5 Å². The van der Waals surface area contributed by atoms with Crippen molar-refractivity contribution in [2.75, 3.05) is 31.8 Å². The maximum absolute atomic E-state index is 14.2. The summed E-state index contributed by atoms with van der Waals surface area (Å²) in [6, 6.07) is 21.8. The summed E-state index contributed by atoms with van der Waals surface area (Å²) < 4.78 is 68.8. The van der Waals surface area contributed by atoms with Crippen LogP contribution in [-0.4, -0.2) is 82.1 Å². The van der Waals surface area contributed by atoms with E-state index in [0.717, 1.165) is 41.8 Å². The molecule has 3 N–H and O–H groups in total. The number of methoxy groups -OCH3 is 1. The number of nitrogens with zero attached hydrogens (tertiary/aromatic N) is 2. The fourth-order valence-electron chi connectivity index (χ4n) is 7.24. The number of para-hydroxylation sites is 1. The molecule has 4 atom stereocenters. The molecule has 1 saturated heterocycles. The third kappa shape index (κ3) is 7.79. The van der Waals surface area contributed by atoms with Gasteiger partial charge in [0.15, 0.2) is 0 Å². The van der Waals surface area contributed by atoms with Crippen molar-refractivity contribution < 1.29 is 35.9 Å². The van der Waals surface area contributed by atoms with Crippen molar-refractivity contribution >= 4 is 48.5 Å². The number of hydrogen-bond acceptors (Lipinski definition) is 10. The second-order valence-electron chi connectivity index (χ2n) is 14.0. The van der Waals surface area contributed by atoms with Crippen LogP contribution in [0.5, 0.6) is 11.5 Å². The first-order valence-electron chi connectivity index (χ1n) is 17.9. The molecule has 0 spiro atoms. The van der Waals surface area contributed by atoms with Crippen LogP contribution in [0.4, 0.5) is 5.69 Å². The molecule has 1 aromatic heterocycles. The Hall–Kier alpha value is -4.99. The highest BCUT2D eigenvalue weighted by atomic mass is 32.2. The second kappa shape index (κ2) is 15.0. The molecule has 2 aliphatic heterocycles. The number of rotatable bonds is 7. The Labute approximate surface area is 315 Å². The molecule has 54 heavy (non-hydrogen) atoms. The Balaban J connectivity index is 1.17. The minimum atomic E-state index is -4.35. The Morgan fingerprint density at radius 1 is 1.02 bits per heavy atom. The number of sulfonamides is 2. The predicted octanol–water partition coefficient (Wildman–Crippen LogP) is 4.61. The first-order valence-corrected chi connectivity index (χ1v) is 21.3. The molecule has 0 unspecified atom stereocenters. The number of aromatic nitrogens is 1. The SMILES string of the molecule is COc1ccc2c(O[C@@H]3C[C@@H](C(=O)N[C@]45C[C@@H]4/C=C\CCCCCNc4ccccc4S(=O)(=O)NC5=O)N(S(C)(=O)=O)C3)cc(-c3ccccc3)nc2c1. The molecule has 15 heteroatoms. The molecule has 4 aromatic rings. The number of nitrogens with one attached hydrogen (secondary N) is 3. The average Bonchev–Trinajstić information content (AvgIpc) is 3.67. The van der Waals surface area contributed by atoms with Crippen LogP contribution in [0.3, 0.4) is 0 Å². The summed E-state index contributed by atoms with van der Waals surface area (Å²) in [6.07, 6.45) is 7.59. The van der Waals surface area contributed by atoms with Gasteiger partial charge in [0.25, 0.3) is 15.9 Å². The summed E-state index contributed by atoms with van der Waals surface area (Å²) >= 11 is 0. The minimum Gasteiger partial charge on any atom is -0.497 e. The standard InChI is InChI=1S/C39H43N5O8S2/c1-51-28-18-19-30-33(21-28)41-32(26-13-7-6-8-14-26)23-35(30)52-29-22-34(44(25-29)53(2,47)48)37(45)42-39-24-27(39)15-9-4-3-5-12-20-40-31-16-10-11-17-36(31)54(49,50)43-38(39)46/h6-11,13-19,21,23,27,29,34,40H,3-5,12,20,22,24-25H2,1-2H3,(H,42,45)(H,43,46)/b15-9-/t27-,29+,34-,39+/m0/s1. The zero-order valence-corrected chi connectivity index (χ0v) is 31.7. The lowest BCUT2D eigenvalue weighted by Gasteiger charge is -2.25. The van der Waals surface area contributed by atoms with Gasteiger partial charge in [-0.1, -0.05) is 61.0 Å². The number of carbonyl (C=O) groups excluding carboxylic acids is 2. The Morgan fingerprint density at radius 3 is 2.57 bits per heavy atom. The number of amides is 2. The highest BCUT2D eigenvalue weighted by Crippen LogP contribution is 2.46. The molecule has 0 radical (unpaired) electrons. The van der Waals surface area contributed by atoms with Gasteiger partial charge < -0.3 is 20.1 Å². The topological polar surface area (TPSA) is 173 Å². The smallest absolute Gasteiger partial charge is 0.266 e. The third-order valence-electron chi connectivity index (χ3n) is 10.2. The Bertz CT molecular complexity index is 2320. The van der Waals surface area contributed by atoms with Crippen molar-refractivity contribution in [1.29, 1.82) is 0 Å². The van der Waals surface area contributed by atoms with Gasteiger partial charge in [-0.15, -0.1) is 0 Å². The molecule has 7 rings (SSSR count). The van der Waals surface area contributed by atoms with E-state index in [-0.39, 0.29) is 24.3 Å². The summed E-state index contributed by atoms with van der Waals surface area (Å²) in [5, 5.41) is 6.65. The number of pyridine rings is 1. The highest BCUT2D eigenvalue weighted by Gasteiger charge is 2.61. The van der Waals surface area contributed by atoms with E-state index in [1.807, 2.05) is 48.6 Å². The molecular weight excluding hydrogens is 731 g/mol. The number of fused-ring (bicyclic) bond motifs is 3. The lowest BCUT2D eigenvalue weighted by atomic mass is 10.1. The molecule has 13 nitrogen and oxygen atoms in total. The first-order chi connectivity index (χ1) is 25.9. The van der Waals surface area contributed by atoms with Gasteiger partial charge in [-0.2, -0.15) is 4.31 Å². The third-order valence-corrected chi connectivity index (χ3v) is 12.8. The summed E-state index contributed by atoms with van der Waals surface area (Å²) in [7, 11) is -6.72. The van der Waals surface area contributed by atoms with E-state index in [0.29, 0.717) is 40.3 Å². The van der Waals surface area contributed by atoms with Gasteiger partial charge in [0.05, 0.1) is 36.8 Å². The number of benzene rings is 3. The quantitative estimate of drug-likeness (QED) is 0.225. The zero-order chi connectivity index (χ0) is 38.1. The number of hydrogen-bond donors (Lipinski definition) is 3. The second-order valence-corrected chi connectivity index (χ2v) is 17.6. The molecule has 0 bridgehead atoms. The largest absolute Gasteiger partial charge is 0.497 e.